The molecule has 8 bridgehead atoms. The maximum Gasteiger partial charge on any atom is 0.270 e. The molecule has 236 valence electrons. The number of hydrogen-bond acceptors (Lipinski definition) is 6. The van der Waals surface area contributed by atoms with E-state index >= 15 is 0 Å². The molecule has 4 aromatic carbocycles. The van der Waals surface area contributed by atoms with Crippen molar-refractivity contribution < 1.29 is 25.3 Å². The van der Waals surface area contributed by atoms with E-state index in [1.807, 2.05) is 44.2 Å². The molecule has 4 N–H and O–H groups in total. The molecule has 0 atom stereocenters. The zero-order valence-corrected chi connectivity index (χ0v) is 27.4. The number of fused-ring (bicyclic) bond motifs is 8. The molecule has 5 rings (SSSR count). The third-order valence-electron chi connectivity index (χ3n) is 9.27. The van der Waals surface area contributed by atoms with Crippen molar-refractivity contribution in [1.82, 2.24) is 0 Å². The lowest BCUT2D eigenvalue weighted by Crippen LogP contribution is -2.13. The molecular weight excluding hydrogens is 566 g/mol. The fourth-order valence-electron chi connectivity index (χ4n) is 6.25. The highest BCUT2D eigenvalue weighted by atomic mass is 16.6. The van der Waals surface area contributed by atoms with E-state index in [2.05, 4.69) is 41.5 Å². The molecule has 45 heavy (non-hydrogen) atoms. The summed E-state index contributed by atoms with van der Waals surface area (Å²) in [4.78, 5) is 11.6. The van der Waals surface area contributed by atoms with Crippen molar-refractivity contribution in [1.29, 1.82) is 0 Å². The number of nitro groups is 1. The molecule has 0 unspecified atom stereocenters. The van der Waals surface area contributed by atoms with Crippen LogP contribution in [-0.2, 0) is 36.5 Å². The number of nitro benzene ring substituents is 1. The Balaban J connectivity index is 1.87. The molecule has 0 radical (unpaired) electrons. The number of hydrogen-bond donors (Lipinski definition) is 4. The van der Waals surface area contributed by atoms with Gasteiger partial charge in [0.25, 0.3) is 5.69 Å². The smallest absolute Gasteiger partial charge is 0.270 e. The molecular formula is C38H43NO6. The van der Waals surface area contributed by atoms with Crippen LogP contribution in [-0.4, -0.2) is 25.3 Å². The lowest BCUT2D eigenvalue weighted by molar-refractivity contribution is -0.385. The third kappa shape index (κ3) is 6.08. The fraction of sp³-hybridized carbons (Fsp3) is 0.368. The molecule has 0 fully saturated rings. The maximum atomic E-state index is 12.1. The van der Waals surface area contributed by atoms with Gasteiger partial charge >= 0.3 is 0 Å². The number of non-ortho nitro benzene ring substituents is 1. The topological polar surface area (TPSA) is 124 Å². The van der Waals surface area contributed by atoms with Crippen molar-refractivity contribution in [2.24, 2.45) is 0 Å². The average Bonchev–Trinajstić information content (AvgIpc) is 2.93. The van der Waals surface area contributed by atoms with Crippen molar-refractivity contribution in [3.05, 3.63) is 119 Å². The van der Waals surface area contributed by atoms with E-state index in [-0.39, 0.29) is 65.2 Å². The number of benzene rings is 4. The van der Waals surface area contributed by atoms with E-state index in [0.29, 0.717) is 44.5 Å². The number of nitrogens with zero attached hydrogens (tertiary/aromatic N) is 1. The SMILES string of the molecule is Cc1cc2c(O)c(c1C)Cc1cc(C(C)(C)C)cc(c1O)Cc1cc([N+](=O)[O-])cc(c1O)Cc1cc(C(C)(C)C)cc(c1O)C2. The molecule has 0 heterocycles. The lowest BCUT2D eigenvalue weighted by atomic mass is 9.81. The molecule has 4 aromatic rings. The molecule has 0 saturated carbocycles. The molecule has 0 spiro atoms. The molecule has 0 aliphatic heterocycles. The van der Waals surface area contributed by atoms with E-state index in [1.165, 1.54) is 12.1 Å². The predicted octanol–water partition coefficient (Wildman–Crippen LogP) is 8.31. The first-order valence-corrected chi connectivity index (χ1v) is 15.4. The van der Waals surface area contributed by atoms with E-state index < -0.39 is 4.92 Å². The highest BCUT2D eigenvalue weighted by Crippen LogP contribution is 2.42. The maximum absolute atomic E-state index is 12.1. The highest BCUT2D eigenvalue weighted by molar-refractivity contribution is 5.60. The van der Waals surface area contributed by atoms with Crippen LogP contribution in [0, 0.1) is 24.0 Å². The summed E-state index contributed by atoms with van der Waals surface area (Å²) in [5.74, 6) is 0.0839. The van der Waals surface area contributed by atoms with E-state index in [1.54, 1.807) is 0 Å². The Morgan fingerprint density at radius 1 is 0.556 bits per heavy atom. The Kier molecular flexibility index (Phi) is 7.89. The summed E-state index contributed by atoms with van der Waals surface area (Å²) in [5, 5.41) is 58.6. The lowest BCUT2D eigenvalue weighted by Gasteiger charge is -2.25. The molecule has 1 aliphatic carbocycles. The van der Waals surface area contributed by atoms with Crippen LogP contribution in [0.15, 0.2) is 42.5 Å². The summed E-state index contributed by atoms with van der Waals surface area (Å²) >= 11 is 0. The van der Waals surface area contributed by atoms with Crippen LogP contribution < -0.4 is 0 Å². The van der Waals surface area contributed by atoms with Crippen LogP contribution in [0.3, 0.4) is 0 Å². The van der Waals surface area contributed by atoms with Crippen molar-refractivity contribution in [2.45, 2.75) is 91.9 Å². The third-order valence-corrected chi connectivity index (χ3v) is 9.27. The van der Waals surface area contributed by atoms with Crippen molar-refractivity contribution in [3.63, 3.8) is 0 Å². The Labute approximate surface area is 265 Å². The number of phenols is 4. The summed E-state index contributed by atoms with van der Waals surface area (Å²) in [6.45, 7) is 16.4. The minimum Gasteiger partial charge on any atom is -0.507 e. The first-order valence-electron chi connectivity index (χ1n) is 15.4. The normalized spacial score (nSPS) is 13.5. The van der Waals surface area contributed by atoms with Crippen molar-refractivity contribution in [3.8, 4) is 23.0 Å². The van der Waals surface area contributed by atoms with Crippen LogP contribution in [0.4, 0.5) is 5.69 Å². The molecule has 0 saturated heterocycles. The molecule has 1 aliphatic rings. The van der Waals surface area contributed by atoms with Gasteiger partial charge in [-0.25, -0.2) is 0 Å². The summed E-state index contributed by atoms with van der Waals surface area (Å²) in [6.07, 6.45) is 0.591. The first kappa shape index (κ1) is 31.9. The summed E-state index contributed by atoms with van der Waals surface area (Å²) < 4.78 is 0. The van der Waals surface area contributed by atoms with Gasteiger partial charge in [0.1, 0.15) is 23.0 Å². The second kappa shape index (κ2) is 11.1. The van der Waals surface area contributed by atoms with E-state index in [4.69, 9.17) is 0 Å². The van der Waals surface area contributed by atoms with Gasteiger partial charge in [-0.15, -0.1) is 0 Å². The Morgan fingerprint density at radius 3 is 1.24 bits per heavy atom. The predicted molar refractivity (Wildman–Crippen MR) is 177 cm³/mol. The van der Waals surface area contributed by atoms with Gasteiger partial charge in [-0.05, 0) is 74.7 Å². The van der Waals surface area contributed by atoms with Crippen LogP contribution in [0.25, 0.3) is 0 Å². The van der Waals surface area contributed by atoms with Gasteiger partial charge in [0.15, 0.2) is 0 Å². The zero-order valence-electron chi connectivity index (χ0n) is 27.4. The van der Waals surface area contributed by atoms with Crippen LogP contribution in [0.2, 0.25) is 0 Å². The summed E-state index contributed by atoms with van der Waals surface area (Å²) in [7, 11) is 0. The quantitative estimate of drug-likeness (QED) is 0.112. The Morgan fingerprint density at radius 2 is 0.889 bits per heavy atom. The molecule has 7 heteroatoms. The van der Waals surface area contributed by atoms with E-state index in [0.717, 1.165) is 22.3 Å². The summed E-state index contributed by atoms with van der Waals surface area (Å²) in [5.41, 5.74) is 7.30. The zero-order chi connectivity index (χ0) is 33.2. The van der Waals surface area contributed by atoms with Gasteiger partial charge in [-0.3, -0.25) is 10.1 Å². The Hall–Kier alpha value is -4.52. The van der Waals surface area contributed by atoms with Gasteiger partial charge in [-0.1, -0.05) is 71.9 Å². The number of aryl methyl sites for hydroxylation is 1. The average molecular weight is 610 g/mol. The van der Waals surface area contributed by atoms with Crippen LogP contribution >= 0.6 is 0 Å². The molecule has 7 nitrogen and oxygen atoms in total. The Bertz CT molecular complexity index is 1860. The largest absolute Gasteiger partial charge is 0.507 e. The molecule has 0 amide bonds. The summed E-state index contributed by atoms with van der Waals surface area (Å²) in [6, 6.07) is 12.3. The monoisotopic (exact) mass is 609 g/mol. The fourth-order valence-corrected chi connectivity index (χ4v) is 6.25. The minimum absolute atomic E-state index is 0.0272. The minimum atomic E-state index is -0.487. The number of phenolic OH excluding ortho intramolecular Hbond substituents is 4. The van der Waals surface area contributed by atoms with Gasteiger partial charge in [0.05, 0.1) is 4.92 Å². The van der Waals surface area contributed by atoms with Gasteiger partial charge in [-0.2, -0.15) is 0 Å². The first-order chi connectivity index (χ1) is 20.8. The molecule has 0 aromatic heterocycles. The van der Waals surface area contributed by atoms with Crippen molar-refractivity contribution >= 4 is 5.69 Å². The second-order valence-corrected chi connectivity index (χ2v) is 14.7. The second-order valence-electron chi connectivity index (χ2n) is 14.7. The van der Waals surface area contributed by atoms with Crippen LogP contribution in [0.5, 0.6) is 23.0 Å². The van der Waals surface area contributed by atoms with Gasteiger partial charge < -0.3 is 20.4 Å². The highest BCUT2D eigenvalue weighted by Gasteiger charge is 2.26. The standard InChI is InChI=1S/C38H43NO6/c1-20-9-22-10-23-13-29(37(3,4)5)14-24(33(23)40)11-26-17-31(39(44)45)18-27(35(26)42)12-25-15-30(38(6,7)8)16-28(34(25)41)19-32(21(20)2)36(22)43/h9,13-18,40-43H,10-12,19H2,1-8H3. The van der Waals surface area contributed by atoms with Crippen molar-refractivity contribution in [2.75, 3.05) is 0 Å². The van der Waals surface area contributed by atoms with Gasteiger partial charge in [0, 0.05) is 54.5 Å². The van der Waals surface area contributed by atoms with Crippen LogP contribution in [0.1, 0.15) is 108 Å². The van der Waals surface area contributed by atoms with Gasteiger partial charge in [0.2, 0.25) is 0 Å². The van der Waals surface area contributed by atoms with E-state index in [9.17, 15) is 30.5 Å². The number of aromatic hydroxyl groups is 4. The number of rotatable bonds is 1.